The topological polar surface area (TPSA) is 82.6 Å². The summed E-state index contributed by atoms with van der Waals surface area (Å²) in [5.74, 6) is -0.144. The minimum Gasteiger partial charge on any atom is -0.342 e. The molecule has 7 nitrogen and oxygen atoms in total. The van der Waals surface area contributed by atoms with Crippen LogP contribution >= 0.6 is 11.3 Å². The lowest BCUT2D eigenvalue weighted by Crippen LogP contribution is -2.54. The van der Waals surface area contributed by atoms with Crippen LogP contribution in [-0.2, 0) is 21.5 Å². The Bertz CT molecular complexity index is 957. The number of pyridine rings is 1. The number of aromatic nitrogens is 1. The molecule has 0 bridgehead atoms. The van der Waals surface area contributed by atoms with E-state index in [1.165, 1.54) is 4.90 Å². The van der Waals surface area contributed by atoms with Crippen LogP contribution in [-0.4, -0.2) is 52.3 Å². The normalized spacial score (nSPS) is 22.8. The number of nitrogens with one attached hydrogen (secondary N) is 1. The number of urea groups is 1. The number of hydrogen-bond acceptors (Lipinski definition) is 5. The van der Waals surface area contributed by atoms with Crippen molar-refractivity contribution in [3.63, 3.8) is 0 Å². The monoisotopic (exact) mass is 454 g/mol. The van der Waals surface area contributed by atoms with Crippen molar-refractivity contribution >= 4 is 29.2 Å². The molecular weight excluding hydrogens is 424 g/mol. The minimum atomic E-state index is -1.13. The molecule has 0 aliphatic carbocycles. The molecular formula is C24H30N4O3S. The Balaban J connectivity index is 1.57. The molecule has 1 N–H and O–H groups in total. The summed E-state index contributed by atoms with van der Waals surface area (Å²) in [7, 11) is 0. The van der Waals surface area contributed by atoms with Crippen LogP contribution in [0.5, 0.6) is 0 Å². The van der Waals surface area contributed by atoms with Gasteiger partial charge in [-0.05, 0) is 49.1 Å². The van der Waals surface area contributed by atoms with Gasteiger partial charge in [0, 0.05) is 48.4 Å². The van der Waals surface area contributed by atoms with E-state index in [0.29, 0.717) is 44.5 Å². The SMILES string of the molecule is CC[C@@H](C)C(=O)N1CCC([C@]2(c3cccnc3)NC(=O)N(CCc3cccs3)C2=O)CC1. The average molecular weight is 455 g/mol. The molecule has 170 valence electrons. The summed E-state index contributed by atoms with van der Waals surface area (Å²) < 4.78 is 0. The highest BCUT2D eigenvalue weighted by Gasteiger charge is 2.57. The molecule has 0 unspecified atom stereocenters. The lowest BCUT2D eigenvalue weighted by molar-refractivity contribution is -0.138. The summed E-state index contributed by atoms with van der Waals surface area (Å²) in [6, 6.07) is 7.30. The van der Waals surface area contributed by atoms with Crippen molar-refractivity contribution in [2.75, 3.05) is 19.6 Å². The maximum atomic E-state index is 13.8. The van der Waals surface area contributed by atoms with Gasteiger partial charge >= 0.3 is 6.03 Å². The van der Waals surface area contributed by atoms with Gasteiger partial charge in [-0.2, -0.15) is 0 Å². The van der Waals surface area contributed by atoms with Gasteiger partial charge in [0.2, 0.25) is 5.91 Å². The lowest BCUT2D eigenvalue weighted by atomic mass is 9.73. The van der Waals surface area contributed by atoms with E-state index in [4.69, 9.17) is 0 Å². The molecule has 4 rings (SSSR count). The van der Waals surface area contributed by atoms with Crippen LogP contribution in [0.25, 0.3) is 0 Å². The number of carbonyl (C=O) groups is 3. The van der Waals surface area contributed by atoms with E-state index >= 15 is 0 Å². The molecule has 2 fully saturated rings. The highest BCUT2D eigenvalue weighted by Crippen LogP contribution is 2.41. The van der Waals surface area contributed by atoms with Crippen LogP contribution in [0.15, 0.2) is 42.0 Å². The second kappa shape index (κ2) is 9.40. The van der Waals surface area contributed by atoms with Crippen LogP contribution in [0.1, 0.15) is 43.6 Å². The van der Waals surface area contributed by atoms with Crippen LogP contribution < -0.4 is 5.32 Å². The second-order valence-corrected chi connectivity index (χ2v) is 9.71. The highest BCUT2D eigenvalue weighted by molar-refractivity contribution is 7.09. The lowest BCUT2D eigenvalue weighted by Gasteiger charge is -2.41. The number of likely N-dealkylation sites (tertiary alicyclic amines) is 1. The van der Waals surface area contributed by atoms with Crippen LogP contribution in [0, 0.1) is 11.8 Å². The number of amides is 4. The molecule has 8 heteroatoms. The first kappa shape index (κ1) is 22.5. The Morgan fingerprint density at radius 2 is 2.06 bits per heavy atom. The fraction of sp³-hybridized carbons (Fsp3) is 0.500. The first-order valence-electron chi connectivity index (χ1n) is 11.3. The maximum Gasteiger partial charge on any atom is 0.325 e. The molecule has 2 aromatic heterocycles. The summed E-state index contributed by atoms with van der Waals surface area (Å²) in [6.07, 6.45) is 6.11. The largest absolute Gasteiger partial charge is 0.342 e. The van der Waals surface area contributed by atoms with Crippen molar-refractivity contribution in [1.82, 2.24) is 20.1 Å². The van der Waals surface area contributed by atoms with E-state index < -0.39 is 5.54 Å². The van der Waals surface area contributed by atoms with E-state index in [1.807, 2.05) is 42.3 Å². The van der Waals surface area contributed by atoms with Gasteiger partial charge in [-0.15, -0.1) is 11.3 Å². The highest BCUT2D eigenvalue weighted by atomic mass is 32.1. The van der Waals surface area contributed by atoms with Crippen LogP contribution in [0.4, 0.5) is 4.79 Å². The molecule has 0 spiro atoms. The van der Waals surface area contributed by atoms with Gasteiger partial charge in [-0.1, -0.05) is 26.0 Å². The van der Waals surface area contributed by atoms with Gasteiger partial charge in [-0.3, -0.25) is 19.5 Å². The summed E-state index contributed by atoms with van der Waals surface area (Å²) in [6.45, 7) is 5.50. The number of hydrogen-bond donors (Lipinski definition) is 1. The fourth-order valence-corrected chi connectivity index (χ4v) is 5.50. The Hall–Kier alpha value is -2.74. The number of carbonyl (C=O) groups excluding carboxylic acids is 3. The molecule has 2 aliphatic heterocycles. The van der Waals surface area contributed by atoms with Gasteiger partial charge in [0.1, 0.15) is 0 Å². The molecule has 32 heavy (non-hydrogen) atoms. The third-order valence-corrected chi connectivity index (χ3v) is 7.80. The molecule has 4 heterocycles. The molecule has 0 radical (unpaired) electrons. The maximum absolute atomic E-state index is 13.8. The van der Waals surface area contributed by atoms with E-state index in [9.17, 15) is 14.4 Å². The summed E-state index contributed by atoms with van der Waals surface area (Å²) in [4.78, 5) is 48.1. The van der Waals surface area contributed by atoms with Crippen LogP contribution in [0.3, 0.4) is 0 Å². The van der Waals surface area contributed by atoms with Crippen molar-refractivity contribution in [1.29, 1.82) is 0 Å². The molecule has 2 aromatic rings. The zero-order valence-corrected chi connectivity index (χ0v) is 19.4. The molecule has 4 amide bonds. The van der Waals surface area contributed by atoms with E-state index in [1.54, 1.807) is 29.8 Å². The fourth-order valence-electron chi connectivity index (χ4n) is 4.80. The van der Waals surface area contributed by atoms with Crippen molar-refractivity contribution in [3.8, 4) is 0 Å². The van der Waals surface area contributed by atoms with E-state index in [-0.39, 0.29) is 29.7 Å². The summed E-state index contributed by atoms with van der Waals surface area (Å²) >= 11 is 1.62. The van der Waals surface area contributed by atoms with Crippen molar-refractivity contribution < 1.29 is 14.4 Å². The Kier molecular flexibility index (Phi) is 6.60. The predicted octanol–water partition coefficient (Wildman–Crippen LogP) is 3.42. The summed E-state index contributed by atoms with van der Waals surface area (Å²) in [5, 5.41) is 5.05. The van der Waals surface area contributed by atoms with E-state index in [0.717, 1.165) is 11.3 Å². The quantitative estimate of drug-likeness (QED) is 0.650. The number of imide groups is 1. The number of nitrogens with zero attached hydrogens (tertiary/aromatic N) is 3. The third kappa shape index (κ3) is 4.03. The Labute approximate surface area is 192 Å². The third-order valence-electron chi connectivity index (χ3n) is 6.86. The molecule has 0 aromatic carbocycles. The standard InChI is InChI=1S/C24H30N4O3S/c1-3-17(2)21(29)27-12-8-18(9-13-27)24(19-6-4-11-25-16-19)22(30)28(23(31)26-24)14-10-20-7-5-15-32-20/h4-7,11,15-18H,3,8-10,12-14H2,1-2H3,(H,26,31)/t17-,24-/m1/s1. The zero-order chi connectivity index (χ0) is 22.7. The van der Waals surface area contributed by atoms with Gasteiger partial charge in [-0.25, -0.2) is 4.79 Å². The van der Waals surface area contributed by atoms with Crippen LogP contribution in [0.2, 0.25) is 0 Å². The average Bonchev–Trinajstić information content (AvgIpc) is 3.44. The second-order valence-electron chi connectivity index (χ2n) is 8.67. The van der Waals surface area contributed by atoms with Gasteiger partial charge < -0.3 is 10.2 Å². The number of thiophene rings is 1. The molecule has 2 aliphatic rings. The minimum absolute atomic E-state index is 0.000563. The van der Waals surface area contributed by atoms with Gasteiger partial charge in [0.05, 0.1) is 0 Å². The predicted molar refractivity (Wildman–Crippen MR) is 123 cm³/mol. The first-order valence-corrected chi connectivity index (χ1v) is 12.2. The molecule has 2 atom stereocenters. The molecule has 2 saturated heterocycles. The summed E-state index contributed by atoms with van der Waals surface area (Å²) in [5.41, 5.74) is -0.421. The Morgan fingerprint density at radius 1 is 1.28 bits per heavy atom. The van der Waals surface area contributed by atoms with Crippen molar-refractivity contribution in [2.45, 2.75) is 45.1 Å². The van der Waals surface area contributed by atoms with E-state index in [2.05, 4.69) is 10.3 Å². The van der Waals surface area contributed by atoms with Gasteiger partial charge in [0.25, 0.3) is 5.91 Å². The zero-order valence-electron chi connectivity index (χ0n) is 18.6. The Morgan fingerprint density at radius 3 is 2.69 bits per heavy atom. The van der Waals surface area contributed by atoms with Gasteiger partial charge in [0.15, 0.2) is 5.54 Å². The molecule has 0 saturated carbocycles. The smallest absolute Gasteiger partial charge is 0.325 e. The first-order chi connectivity index (χ1) is 15.5. The van der Waals surface area contributed by atoms with Crippen molar-refractivity contribution in [3.05, 3.63) is 52.5 Å². The number of piperidine rings is 1. The number of rotatable bonds is 7. The van der Waals surface area contributed by atoms with Crippen molar-refractivity contribution in [2.24, 2.45) is 11.8 Å².